The highest BCUT2D eigenvalue weighted by molar-refractivity contribution is 5.87. The second-order valence-corrected chi connectivity index (χ2v) is 6.94. The van der Waals surface area contributed by atoms with Gasteiger partial charge in [-0.3, -0.25) is 9.59 Å². The molecule has 0 saturated carbocycles. The summed E-state index contributed by atoms with van der Waals surface area (Å²) >= 11 is 0. The summed E-state index contributed by atoms with van der Waals surface area (Å²) < 4.78 is 10.9. The largest absolute Gasteiger partial charge is 0.497 e. The van der Waals surface area contributed by atoms with Crippen molar-refractivity contribution in [1.82, 2.24) is 10.2 Å². The van der Waals surface area contributed by atoms with Gasteiger partial charge in [0, 0.05) is 13.1 Å². The van der Waals surface area contributed by atoms with Gasteiger partial charge in [0.05, 0.1) is 7.11 Å². The average molecular weight is 399 g/mol. The van der Waals surface area contributed by atoms with Crippen molar-refractivity contribution < 1.29 is 19.1 Å². The number of ether oxygens (including phenoxy) is 2. The maximum absolute atomic E-state index is 13.0. The molecule has 0 fully saturated rings. The summed E-state index contributed by atoms with van der Waals surface area (Å²) in [5.74, 6) is 0.883. The number of amides is 2. The molecule has 0 aliphatic rings. The van der Waals surface area contributed by atoms with Crippen molar-refractivity contribution in [2.75, 3.05) is 20.3 Å². The van der Waals surface area contributed by atoms with Crippen LogP contribution in [0.3, 0.4) is 0 Å². The minimum atomic E-state index is -0.623. The Hall–Kier alpha value is -3.02. The molecule has 6 heteroatoms. The van der Waals surface area contributed by atoms with E-state index in [0.717, 1.165) is 17.5 Å². The molecule has 0 bridgehead atoms. The van der Waals surface area contributed by atoms with Crippen molar-refractivity contribution in [2.45, 2.75) is 39.8 Å². The van der Waals surface area contributed by atoms with E-state index in [1.54, 1.807) is 14.0 Å². The summed E-state index contributed by atoms with van der Waals surface area (Å²) in [7, 11) is 1.60. The molecule has 6 nitrogen and oxygen atoms in total. The van der Waals surface area contributed by atoms with E-state index >= 15 is 0 Å². The van der Waals surface area contributed by atoms with Crippen LogP contribution in [0.1, 0.15) is 31.4 Å². The van der Waals surface area contributed by atoms with Crippen molar-refractivity contribution in [3.63, 3.8) is 0 Å². The smallest absolute Gasteiger partial charge is 0.261 e. The molecule has 0 spiro atoms. The molecule has 0 aliphatic heterocycles. The monoisotopic (exact) mass is 398 g/mol. The molecule has 2 aromatic carbocycles. The Kier molecular flexibility index (Phi) is 8.52. The van der Waals surface area contributed by atoms with Crippen molar-refractivity contribution in [3.8, 4) is 11.5 Å². The molecule has 2 rings (SSSR count). The minimum Gasteiger partial charge on any atom is -0.497 e. The van der Waals surface area contributed by atoms with Crippen LogP contribution >= 0.6 is 0 Å². The quantitative estimate of drug-likeness (QED) is 0.667. The van der Waals surface area contributed by atoms with Gasteiger partial charge in [-0.15, -0.1) is 0 Å². The Morgan fingerprint density at radius 2 is 1.83 bits per heavy atom. The minimum absolute atomic E-state index is 0.140. The zero-order valence-electron chi connectivity index (χ0n) is 17.6. The number of benzene rings is 2. The van der Waals surface area contributed by atoms with Gasteiger partial charge in [0.1, 0.15) is 17.5 Å². The van der Waals surface area contributed by atoms with Crippen LogP contribution in [0.5, 0.6) is 11.5 Å². The highest BCUT2D eigenvalue weighted by Crippen LogP contribution is 2.17. The topological polar surface area (TPSA) is 67.9 Å². The van der Waals surface area contributed by atoms with Gasteiger partial charge in [-0.2, -0.15) is 0 Å². The first-order chi connectivity index (χ1) is 13.9. The number of methoxy groups -OCH3 is 1. The molecule has 0 aliphatic carbocycles. The van der Waals surface area contributed by atoms with Gasteiger partial charge in [0.2, 0.25) is 5.91 Å². The molecule has 0 aromatic heterocycles. The Morgan fingerprint density at radius 1 is 1.10 bits per heavy atom. The van der Waals surface area contributed by atoms with Gasteiger partial charge in [-0.05, 0) is 50.1 Å². The van der Waals surface area contributed by atoms with Crippen LogP contribution in [0.2, 0.25) is 0 Å². The van der Waals surface area contributed by atoms with Crippen LogP contribution in [0.15, 0.2) is 48.5 Å². The van der Waals surface area contributed by atoms with E-state index in [-0.39, 0.29) is 25.0 Å². The molecule has 2 amide bonds. The number of nitrogens with zero attached hydrogens (tertiary/aromatic N) is 1. The summed E-state index contributed by atoms with van der Waals surface area (Å²) in [4.78, 5) is 27.0. The van der Waals surface area contributed by atoms with E-state index in [0.29, 0.717) is 18.0 Å². The number of hydrogen-bond acceptors (Lipinski definition) is 4. The third-order valence-electron chi connectivity index (χ3n) is 4.59. The lowest BCUT2D eigenvalue weighted by molar-refractivity contribution is -0.142. The summed E-state index contributed by atoms with van der Waals surface area (Å²) in [6.45, 7) is 6.42. The lowest BCUT2D eigenvalue weighted by Crippen LogP contribution is -2.49. The molecule has 29 heavy (non-hydrogen) atoms. The van der Waals surface area contributed by atoms with E-state index in [2.05, 4.69) is 5.32 Å². The number of nitrogens with one attached hydrogen (secondary N) is 1. The predicted molar refractivity (Wildman–Crippen MR) is 113 cm³/mol. The van der Waals surface area contributed by atoms with Crippen molar-refractivity contribution in [2.24, 2.45) is 0 Å². The van der Waals surface area contributed by atoms with Gasteiger partial charge in [-0.25, -0.2) is 0 Å². The van der Waals surface area contributed by atoms with E-state index < -0.39 is 6.04 Å². The normalized spacial score (nSPS) is 11.4. The lowest BCUT2D eigenvalue weighted by Gasteiger charge is -2.28. The standard InChI is InChI=1S/C23H30N2O4/c1-5-13-24-23(27)18(3)25(15-19-7-6-8-21(14-19)28-4)22(26)16-29-20-11-9-17(2)10-12-20/h6-12,14,18H,5,13,15-16H2,1-4H3,(H,24,27). The molecule has 1 atom stereocenters. The number of aryl methyl sites for hydroxylation is 1. The number of rotatable bonds is 10. The Bertz CT molecular complexity index is 805. The third-order valence-corrected chi connectivity index (χ3v) is 4.59. The van der Waals surface area contributed by atoms with Gasteiger partial charge in [0.25, 0.3) is 5.91 Å². The van der Waals surface area contributed by atoms with Crippen molar-refractivity contribution in [1.29, 1.82) is 0 Å². The molecule has 0 heterocycles. The number of carbonyl (C=O) groups is 2. The van der Waals surface area contributed by atoms with Gasteiger partial charge < -0.3 is 19.7 Å². The summed E-state index contributed by atoms with van der Waals surface area (Å²) in [6.07, 6.45) is 0.832. The molecular formula is C23H30N2O4. The zero-order valence-corrected chi connectivity index (χ0v) is 17.6. The highest BCUT2D eigenvalue weighted by Gasteiger charge is 2.26. The summed E-state index contributed by atoms with van der Waals surface area (Å²) in [6, 6.07) is 14.3. The maximum atomic E-state index is 13.0. The number of hydrogen-bond donors (Lipinski definition) is 1. The lowest BCUT2D eigenvalue weighted by atomic mass is 10.1. The van der Waals surface area contributed by atoms with Gasteiger partial charge in [0.15, 0.2) is 6.61 Å². The molecule has 0 saturated heterocycles. The molecule has 1 unspecified atom stereocenters. The molecule has 1 N–H and O–H groups in total. The van der Waals surface area contributed by atoms with Gasteiger partial charge >= 0.3 is 0 Å². The molecular weight excluding hydrogens is 368 g/mol. The predicted octanol–water partition coefficient (Wildman–Crippen LogP) is 3.33. The fourth-order valence-corrected chi connectivity index (χ4v) is 2.81. The van der Waals surface area contributed by atoms with Crippen LogP contribution < -0.4 is 14.8 Å². The highest BCUT2D eigenvalue weighted by atomic mass is 16.5. The zero-order chi connectivity index (χ0) is 21.2. The van der Waals surface area contributed by atoms with Crippen LogP contribution in [-0.4, -0.2) is 43.0 Å². The summed E-state index contributed by atoms with van der Waals surface area (Å²) in [5, 5.41) is 2.86. The van der Waals surface area contributed by atoms with E-state index in [1.165, 1.54) is 4.90 Å². The van der Waals surface area contributed by atoms with Crippen molar-refractivity contribution in [3.05, 3.63) is 59.7 Å². The average Bonchev–Trinajstić information content (AvgIpc) is 2.74. The Balaban J connectivity index is 2.14. The van der Waals surface area contributed by atoms with Crippen LogP contribution in [-0.2, 0) is 16.1 Å². The van der Waals surface area contributed by atoms with E-state index in [1.807, 2.05) is 62.4 Å². The first kappa shape index (κ1) is 22.3. The second-order valence-electron chi connectivity index (χ2n) is 6.94. The van der Waals surface area contributed by atoms with E-state index in [9.17, 15) is 9.59 Å². The fraction of sp³-hybridized carbons (Fsp3) is 0.391. The number of carbonyl (C=O) groups excluding carboxylic acids is 2. The molecule has 2 aromatic rings. The van der Waals surface area contributed by atoms with Crippen molar-refractivity contribution >= 4 is 11.8 Å². The van der Waals surface area contributed by atoms with E-state index in [4.69, 9.17) is 9.47 Å². The second kappa shape index (κ2) is 11.1. The SMILES string of the molecule is CCCNC(=O)C(C)N(Cc1cccc(OC)c1)C(=O)COc1ccc(C)cc1. The Morgan fingerprint density at radius 3 is 2.48 bits per heavy atom. The third kappa shape index (κ3) is 6.82. The first-order valence-electron chi connectivity index (χ1n) is 9.84. The first-order valence-corrected chi connectivity index (χ1v) is 9.84. The molecule has 156 valence electrons. The fourth-order valence-electron chi connectivity index (χ4n) is 2.81. The summed E-state index contributed by atoms with van der Waals surface area (Å²) in [5.41, 5.74) is 1.99. The van der Waals surface area contributed by atoms with Crippen LogP contribution in [0, 0.1) is 6.92 Å². The Labute approximate surface area is 172 Å². The van der Waals surface area contributed by atoms with Crippen LogP contribution in [0.4, 0.5) is 0 Å². The van der Waals surface area contributed by atoms with Crippen LogP contribution in [0.25, 0.3) is 0 Å². The van der Waals surface area contributed by atoms with Gasteiger partial charge in [-0.1, -0.05) is 36.8 Å². The maximum Gasteiger partial charge on any atom is 0.261 e. The molecule has 0 radical (unpaired) electrons.